The first kappa shape index (κ1) is 15.9. The predicted octanol–water partition coefficient (Wildman–Crippen LogP) is 2.25. The normalized spacial score (nSPS) is 10.3. The van der Waals surface area contributed by atoms with E-state index in [0.717, 1.165) is 18.5 Å². The summed E-state index contributed by atoms with van der Waals surface area (Å²) in [4.78, 5) is 11.9. The summed E-state index contributed by atoms with van der Waals surface area (Å²) in [6, 6.07) is 9.51. The second-order valence-electron chi connectivity index (χ2n) is 4.99. The maximum absolute atomic E-state index is 11.9. The smallest absolute Gasteiger partial charge is 0.224 e. The molecule has 0 spiro atoms. The van der Waals surface area contributed by atoms with E-state index in [0.29, 0.717) is 24.5 Å². The molecule has 1 aromatic heterocycles. The van der Waals surface area contributed by atoms with Gasteiger partial charge in [-0.05, 0) is 36.2 Å². The molecule has 0 bridgehead atoms. The van der Waals surface area contributed by atoms with Crippen molar-refractivity contribution >= 4 is 5.91 Å². The van der Waals surface area contributed by atoms with Crippen molar-refractivity contribution < 1.29 is 14.3 Å². The Morgan fingerprint density at radius 2 is 1.86 bits per heavy atom. The molecule has 1 heterocycles. The van der Waals surface area contributed by atoms with Crippen LogP contribution in [0.2, 0.25) is 0 Å². The number of rotatable bonds is 8. The summed E-state index contributed by atoms with van der Waals surface area (Å²) >= 11 is 0. The zero-order valence-electron chi connectivity index (χ0n) is 13.0. The number of aromatic nitrogens is 1. The van der Waals surface area contributed by atoms with E-state index in [4.69, 9.17) is 9.47 Å². The predicted molar refractivity (Wildman–Crippen MR) is 85.3 cm³/mol. The van der Waals surface area contributed by atoms with Gasteiger partial charge in [-0.25, -0.2) is 0 Å². The molecule has 1 aromatic carbocycles. The number of hydrogen-bond acceptors (Lipinski definition) is 3. The summed E-state index contributed by atoms with van der Waals surface area (Å²) in [6.07, 6.45) is 5.28. The number of amides is 1. The highest BCUT2D eigenvalue weighted by Crippen LogP contribution is 2.27. The van der Waals surface area contributed by atoms with Gasteiger partial charge in [-0.15, -0.1) is 0 Å². The summed E-state index contributed by atoms with van der Waals surface area (Å²) < 4.78 is 12.5. The highest BCUT2D eigenvalue weighted by molar-refractivity contribution is 5.78. The molecule has 0 saturated carbocycles. The molecular weight excluding hydrogens is 280 g/mol. The van der Waals surface area contributed by atoms with Gasteiger partial charge in [-0.1, -0.05) is 6.07 Å². The van der Waals surface area contributed by atoms with Gasteiger partial charge >= 0.3 is 0 Å². The van der Waals surface area contributed by atoms with E-state index >= 15 is 0 Å². The fraction of sp³-hybridized carbons (Fsp3) is 0.353. The molecule has 0 aliphatic heterocycles. The molecule has 0 atom stereocenters. The molecule has 1 N–H and O–H groups in total. The van der Waals surface area contributed by atoms with Crippen molar-refractivity contribution in [2.75, 3.05) is 20.8 Å². The molecule has 0 unspecified atom stereocenters. The molecule has 1 amide bonds. The number of nitrogens with zero attached hydrogens (tertiary/aromatic N) is 1. The van der Waals surface area contributed by atoms with E-state index in [9.17, 15) is 4.79 Å². The first-order valence-electron chi connectivity index (χ1n) is 7.31. The molecule has 2 rings (SSSR count). The van der Waals surface area contributed by atoms with E-state index in [1.165, 1.54) is 0 Å². The lowest BCUT2D eigenvalue weighted by atomic mass is 10.1. The third-order valence-electron chi connectivity index (χ3n) is 3.39. The number of carbonyl (C=O) groups excluding carboxylic acids is 1. The van der Waals surface area contributed by atoms with Crippen LogP contribution >= 0.6 is 0 Å². The van der Waals surface area contributed by atoms with Crippen molar-refractivity contribution in [2.45, 2.75) is 19.4 Å². The Morgan fingerprint density at radius 1 is 1.14 bits per heavy atom. The lowest BCUT2D eigenvalue weighted by molar-refractivity contribution is -0.120. The molecule has 5 heteroatoms. The minimum absolute atomic E-state index is 0.0136. The summed E-state index contributed by atoms with van der Waals surface area (Å²) in [7, 11) is 3.18. The minimum atomic E-state index is 0.0136. The van der Waals surface area contributed by atoms with Crippen LogP contribution in [0.1, 0.15) is 12.0 Å². The summed E-state index contributed by atoms with van der Waals surface area (Å²) in [5, 5.41) is 2.94. The van der Waals surface area contributed by atoms with Gasteiger partial charge in [0.15, 0.2) is 11.5 Å². The Morgan fingerprint density at radius 3 is 2.55 bits per heavy atom. The Balaban J connectivity index is 1.76. The topological polar surface area (TPSA) is 52.5 Å². The lowest BCUT2D eigenvalue weighted by Gasteiger charge is -2.10. The van der Waals surface area contributed by atoms with Crippen molar-refractivity contribution in [3.8, 4) is 11.5 Å². The number of aryl methyl sites for hydroxylation is 1. The van der Waals surface area contributed by atoms with E-state index < -0.39 is 0 Å². The number of ether oxygens (including phenoxy) is 2. The van der Waals surface area contributed by atoms with Gasteiger partial charge in [0, 0.05) is 25.5 Å². The van der Waals surface area contributed by atoms with Crippen LogP contribution in [-0.2, 0) is 17.8 Å². The Bertz CT molecular complexity index is 594. The van der Waals surface area contributed by atoms with Crippen LogP contribution in [0.15, 0.2) is 42.7 Å². The molecule has 0 fully saturated rings. The van der Waals surface area contributed by atoms with Crippen LogP contribution in [0.5, 0.6) is 11.5 Å². The van der Waals surface area contributed by atoms with Gasteiger partial charge in [0.2, 0.25) is 5.91 Å². The number of carbonyl (C=O) groups is 1. The molecule has 0 aliphatic rings. The van der Waals surface area contributed by atoms with E-state index in [2.05, 4.69) is 9.88 Å². The highest BCUT2D eigenvalue weighted by Gasteiger charge is 2.08. The molecule has 118 valence electrons. The number of hydrogen-bond donors (Lipinski definition) is 1. The first-order chi connectivity index (χ1) is 10.7. The van der Waals surface area contributed by atoms with Crippen molar-refractivity contribution in [1.82, 2.24) is 9.88 Å². The van der Waals surface area contributed by atoms with Crippen molar-refractivity contribution in [2.24, 2.45) is 0 Å². The minimum Gasteiger partial charge on any atom is -0.493 e. The maximum Gasteiger partial charge on any atom is 0.224 e. The van der Waals surface area contributed by atoms with Crippen molar-refractivity contribution in [1.29, 1.82) is 0 Å². The highest BCUT2D eigenvalue weighted by atomic mass is 16.5. The molecule has 5 nitrogen and oxygen atoms in total. The number of benzene rings is 1. The summed E-state index contributed by atoms with van der Waals surface area (Å²) in [5.74, 6) is 1.32. The van der Waals surface area contributed by atoms with E-state index in [-0.39, 0.29) is 5.91 Å². The second kappa shape index (κ2) is 8.12. The maximum atomic E-state index is 11.9. The average Bonchev–Trinajstić information content (AvgIpc) is 3.04. The van der Waals surface area contributed by atoms with Crippen molar-refractivity contribution in [3.05, 3.63) is 48.3 Å². The van der Waals surface area contributed by atoms with Crippen LogP contribution in [0.4, 0.5) is 0 Å². The van der Waals surface area contributed by atoms with Crippen LogP contribution in [-0.4, -0.2) is 31.2 Å². The van der Waals surface area contributed by atoms with Gasteiger partial charge in [-0.3, -0.25) is 4.79 Å². The number of methoxy groups -OCH3 is 2. The zero-order valence-corrected chi connectivity index (χ0v) is 13.0. The fourth-order valence-corrected chi connectivity index (χ4v) is 2.25. The van der Waals surface area contributed by atoms with Gasteiger partial charge in [0.1, 0.15) is 0 Å². The van der Waals surface area contributed by atoms with Gasteiger partial charge in [-0.2, -0.15) is 0 Å². The third kappa shape index (κ3) is 4.55. The summed E-state index contributed by atoms with van der Waals surface area (Å²) in [6.45, 7) is 1.58. The van der Waals surface area contributed by atoms with Crippen LogP contribution < -0.4 is 14.8 Å². The first-order valence-corrected chi connectivity index (χ1v) is 7.31. The second-order valence-corrected chi connectivity index (χ2v) is 4.99. The Labute approximate surface area is 130 Å². The van der Waals surface area contributed by atoms with Gasteiger partial charge in [0.05, 0.1) is 20.6 Å². The molecule has 0 aliphatic carbocycles. The van der Waals surface area contributed by atoms with Gasteiger partial charge < -0.3 is 19.4 Å². The molecular formula is C17H22N2O3. The fourth-order valence-electron chi connectivity index (χ4n) is 2.25. The summed E-state index contributed by atoms with van der Waals surface area (Å²) in [5.41, 5.74) is 0.903. The van der Waals surface area contributed by atoms with E-state index in [1.807, 2.05) is 42.7 Å². The van der Waals surface area contributed by atoms with Crippen LogP contribution in [0, 0.1) is 0 Å². The molecule has 2 aromatic rings. The quantitative estimate of drug-likeness (QED) is 0.761. The SMILES string of the molecule is COc1ccc(CC(=O)NCCCn2cccc2)cc1OC. The van der Waals surface area contributed by atoms with Crippen LogP contribution in [0.3, 0.4) is 0 Å². The number of nitrogens with one attached hydrogen (secondary N) is 1. The lowest BCUT2D eigenvalue weighted by Crippen LogP contribution is -2.26. The van der Waals surface area contributed by atoms with Crippen molar-refractivity contribution in [3.63, 3.8) is 0 Å². The standard InChI is InChI=1S/C17H22N2O3/c1-21-15-7-6-14(12-16(15)22-2)13-17(20)18-8-5-11-19-9-3-4-10-19/h3-4,6-7,9-10,12H,5,8,11,13H2,1-2H3,(H,18,20). The van der Waals surface area contributed by atoms with Crippen LogP contribution in [0.25, 0.3) is 0 Å². The van der Waals surface area contributed by atoms with E-state index in [1.54, 1.807) is 14.2 Å². The third-order valence-corrected chi connectivity index (χ3v) is 3.39. The van der Waals surface area contributed by atoms with Gasteiger partial charge in [0.25, 0.3) is 0 Å². The molecule has 0 saturated heterocycles. The molecule has 0 radical (unpaired) electrons. The monoisotopic (exact) mass is 302 g/mol. The largest absolute Gasteiger partial charge is 0.493 e. The Hall–Kier alpha value is -2.43. The zero-order chi connectivity index (χ0) is 15.8. The average molecular weight is 302 g/mol. The Kier molecular flexibility index (Phi) is 5.89. The molecule has 22 heavy (non-hydrogen) atoms.